The van der Waals surface area contributed by atoms with Crippen molar-refractivity contribution in [2.75, 3.05) is 38.2 Å². The first kappa shape index (κ1) is 14.3. The third kappa shape index (κ3) is 2.72. The molecular formula is C14H18N6O2. The van der Waals surface area contributed by atoms with Crippen molar-refractivity contribution in [1.29, 1.82) is 0 Å². The number of aromatic nitrogens is 4. The highest BCUT2D eigenvalue weighted by Gasteiger charge is 2.25. The molecule has 0 N–H and O–H groups in total. The van der Waals surface area contributed by atoms with Gasteiger partial charge in [0.1, 0.15) is 5.69 Å². The molecule has 1 aliphatic rings. The molecule has 0 saturated carbocycles. The third-order valence-electron chi connectivity index (χ3n) is 3.72. The van der Waals surface area contributed by atoms with E-state index in [1.807, 2.05) is 4.90 Å². The smallest absolute Gasteiger partial charge is 0.272 e. The number of anilines is 1. The summed E-state index contributed by atoms with van der Waals surface area (Å²) in [5, 5.41) is 4.04. The summed E-state index contributed by atoms with van der Waals surface area (Å²) < 4.78 is 6.71. The number of nitrogens with zero attached hydrogens (tertiary/aromatic N) is 6. The van der Waals surface area contributed by atoms with Crippen LogP contribution < -0.4 is 9.64 Å². The maximum atomic E-state index is 12.4. The average Bonchev–Trinajstić information content (AvgIpc) is 3.00. The van der Waals surface area contributed by atoms with Crippen LogP contribution in [-0.4, -0.2) is 63.8 Å². The highest BCUT2D eigenvalue weighted by Crippen LogP contribution is 2.15. The Morgan fingerprint density at radius 3 is 2.59 bits per heavy atom. The molecule has 1 amide bonds. The number of aryl methyl sites for hydroxylation is 1. The van der Waals surface area contributed by atoms with Crippen molar-refractivity contribution in [3.05, 3.63) is 30.2 Å². The van der Waals surface area contributed by atoms with E-state index in [-0.39, 0.29) is 5.91 Å². The van der Waals surface area contributed by atoms with Crippen LogP contribution in [0.25, 0.3) is 0 Å². The van der Waals surface area contributed by atoms with Crippen LogP contribution in [0.1, 0.15) is 10.5 Å². The molecule has 116 valence electrons. The van der Waals surface area contributed by atoms with Crippen molar-refractivity contribution in [3.8, 4) is 5.88 Å². The zero-order valence-corrected chi connectivity index (χ0v) is 12.6. The van der Waals surface area contributed by atoms with E-state index in [0.29, 0.717) is 43.7 Å². The number of piperazine rings is 1. The monoisotopic (exact) mass is 302 g/mol. The molecule has 1 saturated heterocycles. The van der Waals surface area contributed by atoms with E-state index in [1.165, 1.54) is 0 Å². The van der Waals surface area contributed by atoms with E-state index in [0.717, 1.165) is 0 Å². The van der Waals surface area contributed by atoms with E-state index in [2.05, 4.69) is 20.0 Å². The van der Waals surface area contributed by atoms with Gasteiger partial charge in [0.15, 0.2) is 0 Å². The van der Waals surface area contributed by atoms with Crippen molar-refractivity contribution in [1.82, 2.24) is 24.6 Å². The molecule has 3 rings (SSSR count). The fourth-order valence-corrected chi connectivity index (χ4v) is 2.45. The number of hydrogen-bond acceptors (Lipinski definition) is 6. The SMILES string of the molecule is COc1ccnc(N2CCN(C(=O)c3ccnn3C)CC2)n1. The van der Waals surface area contributed by atoms with Gasteiger partial charge in [-0.3, -0.25) is 9.48 Å². The highest BCUT2D eigenvalue weighted by molar-refractivity contribution is 5.92. The van der Waals surface area contributed by atoms with Crippen LogP contribution in [0.4, 0.5) is 5.95 Å². The molecule has 1 fully saturated rings. The largest absolute Gasteiger partial charge is 0.481 e. The van der Waals surface area contributed by atoms with Gasteiger partial charge in [-0.1, -0.05) is 0 Å². The zero-order valence-electron chi connectivity index (χ0n) is 12.6. The second-order valence-electron chi connectivity index (χ2n) is 5.02. The van der Waals surface area contributed by atoms with Gasteiger partial charge in [0.25, 0.3) is 5.91 Å². The number of rotatable bonds is 3. The number of methoxy groups -OCH3 is 1. The molecule has 0 bridgehead atoms. The minimum absolute atomic E-state index is 0.00575. The average molecular weight is 302 g/mol. The van der Waals surface area contributed by atoms with Crippen LogP contribution in [0.5, 0.6) is 5.88 Å². The normalized spacial score (nSPS) is 15.0. The van der Waals surface area contributed by atoms with Gasteiger partial charge in [-0.05, 0) is 6.07 Å². The van der Waals surface area contributed by atoms with Crippen LogP contribution in [0.15, 0.2) is 24.5 Å². The Hall–Kier alpha value is -2.64. The predicted octanol–water partition coefficient (Wildman–Crippen LogP) is 0.181. The van der Waals surface area contributed by atoms with Crippen molar-refractivity contribution in [3.63, 3.8) is 0 Å². The van der Waals surface area contributed by atoms with Crippen LogP contribution in [-0.2, 0) is 7.05 Å². The molecule has 2 aromatic rings. The fraction of sp³-hybridized carbons (Fsp3) is 0.429. The van der Waals surface area contributed by atoms with Gasteiger partial charge in [0.2, 0.25) is 11.8 Å². The van der Waals surface area contributed by atoms with Gasteiger partial charge in [0, 0.05) is 51.7 Å². The van der Waals surface area contributed by atoms with Gasteiger partial charge < -0.3 is 14.5 Å². The summed E-state index contributed by atoms with van der Waals surface area (Å²) in [4.78, 5) is 24.9. The van der Waals surface area contributed by atoms with Crippen molar-refractivity contribution in [2.24, 2.45) is 7.05 Å². The molecule has 1 aliphatic heterocycles. The second-order valence-corrected chi connectivity index (χ2v) is 5.02. The lowest BCUT2D eigenvalue weighted by atomic mass is 10.3. The Morgan fingerprint density at radius 2 is 1.95 bits per heavy atom. The zero-order chi connectivity index (χ0) is 15.5. The number of carbonyl (C=O) groups excluding carboxylic acids is 1. The Bertz CT molecular complexity index is 663. The van der Waals surface area contributed by atoms with Gasteiger partial charge in [0.05, 0.1) is 7.11 Å². The summed E-state index contributed by atoms with van der Waals surface area (Å²) in [6.45, 7) is 2.64. The maximum absolute atomic E-state index is 12.4. The number of ether oxygens (including phenoxy) is 1. The minimum atomic E-state index is 0.00575. The number of amides is 1. The molecule has 0 atom stereocenters. The first-order valence-corrected chi connectivity index (χ1v) is 7.08. The van der Waals surface area contributed by atoms with Crippen LogP contribution >= 0.6 is 0 Å². The first-order valence-electron chi connectivity index (χ1n) is 7.08. The molecule has 0 aromatic carbocycles. The standard InChI is InChI=1S/C14H18N6O2/c1-18-11(3-6-16-18)13(21)19-7-9-20(10-8-19)14-15-5-4-12(17-14)22-2/h3-6H,7-10H2,1-2H3. The van der Waals surface area contributed by atoms with Crippen LogP contribution in [0.3, 0.4) is 0 Å². The van der Waals surface area contributed by atoms with E-state index in [9.17, 15) is 4.79 Å². The van der Waals surface area contributed by atoms with E-state index >= 15 is 0 Å². The predicted molar refractivity (Wildman–Crippen MR) is 79.9 cm³/mol. The minimum Gasteiger partial charge on any atom is -0.481 e. The van der Waals surface area contributed by atoms with E-state index in [4.69, 9.17) is 4.74 Å². The summed E-state index contributed by atoms with van der Waals surface area (Å²) >= 11 is 0. The molecule has 0 spiro atoms. The van der Waals surface area contributed by atoms with Crippen LogP contribution in [0, 0.1) is 0 Å². The van der Waals surface area contributed by atoms with Crippen molar-refractivity contribution in [2.45, 2.75) is 0 Å². The Labute approximate surface area is 128 Å². The third-order valence-corrected chi connectivity index (χ3v) is 3.72. The van der Waals surface area contributed by atoms with Gasteiger partial charge in [-0.25, -0.2) is 4.98 Å². The van der Waals surface area contributed by atoms with E-state index < -0.39 is 0 Å². The Morgan fingerprint density at radius 1 is 1.18 bits per heavy atom. The lowest BCUT2D eigenvalue weighted by Gasteiger charge is -2.34. The second kappa shape index (κ2) is 6.00. The van der Waals surface area contributed by atoms with Gasteiger partial charge in [-0.2, -0.15) is 10.1 Å². The lowest BCUT2D eigenvalue weighted by molar-refractivity contribution is 0.0735. The Balaban J connectivity index is 1.65. The lowest BCUT2D eigenvalue weighted by Crippen LogP contribution is -2.49. The molecule has 8 nitrogen and oxygen atoms in total. The Kier molecular flexibility index (Phi) is 3.90. The first-order chi connectivity index (χ1) is 10.7. The van der Waals surface area contributed by atoms with Crippen LogP contribution in [0.2, 0.25) is 0 Å². The quantitative estimate of drug-likeness (QED) is 0.805. The summed E-state index contributed by atoms with van der Waals surface area (Å²) in [5.74, 6) is 1.18. The molecule has 0 unspecified atom stereocenters. The topological polar surface area (TPSA) is 76.4 Å². The summed E-state index contributed by atoms with van der Waals surface area (Å²) in [5.41, 5.74) is 0.603. The molecule has 3 heterocycles. The van der Waals surface area contributed by atoms with E-state index in [1.54, 1.807) is 43.4 Å². The molecular weight excluding hydrogens is 284 g/mol. The highest BCUT2D eigenvalue weighted by atomic mass is 16.5. The summed E-state index contributed by atoms with van der Waals surface area (Å²) in [7, 11) is 3.35. The van der Waals surface area contributed by atoms with Gasteiger partial charge in [-0.15, -0.1) is 0 Å². The fourth-order valence-electron chi connectivity index (χ4n) is 2.45. The summed E-state index contributed by atoms with van der Waals surface area (Å²) in [6.07, 6.45) is 3.31. The molecule has 0 radical (unpaired) electrons. The molecule has 22 heavy (non-hydrogen) atoms. The molecule has 2 aromatic heterocycles. The molecule has 0 aliphatic carbocycles. The maximum Gasteiger partial charge on any atom is 0.272 e. The van der Waals surface area contributed by atoms with Crippen molar-refractivity contribution >= 4 is 11.9 Å². The van der Waals surface area contributed by atoms with Gasteiger partial charge >= 0.3 is 0 Å². The number of hydrogen-bond donors (Lipinski definition) is 0. The summed E-state index contributed by atoms with van der Waals surface area (Å²) in [6, 6.07) is 3.45. The van der Waals surface area contributed by atoms with Crippen molar-refractivity contribution < 1.29 is 9.53 Å². The molecule has 8 heteroatoms. The number of carbonyl (C=O) groups is 1.